The Morgan fingerprint density at radius 3 is 2.34 bits per heavy atom. The first kappa shape index (κ1) is 29.3. The van der Waals surface area contributed by atoms with E-state index < -0.39 is 0 Å². The van der Waals surface area contributed by atoms with E-state index in [2.05, 4.69) is 109 Å². The van der Waals surface area contributed by atoms with Gasteiger partial charge < -0.3 is 23.5 Å². The van der Waals surface area contributed by atoms with Crippen LogP contribution in [0.5, 0.6) is 11.5 Å². The van der Waals surface area contributed by atoms with Crippen LogP contribution in [0.15, 0.2) is 115 Å². The summed E-state index contributed by atoms with van der Waals surface area (Å²) in [5.41, 5.74) is 12.1. The molecule has 0 spiro atoms. The Morgan fingerprint density at radius 2 is 1.47 bits per heavy atom. The fourth-order valence-corrected chi connectivity index (χ4v) is 7.08. The Balaban J connectivity index is 0.00000324. The van der Waals surface area contributed by atoms with E-state index in [0.717, 1.165) is 39.5 Å². The zero-order chi connectivity index (χ0) is 30.9. The number of fused-ring (bicyclic) bond motifs is 9. The van der Waals surface area contributed by atoms with Crippen molar-refractivity contribution in [1.82, 2.24) is 9.55 Å². The van der Waals surface area contributed by atoms with Gasteiger partial charge in [-0.1, -0.05) is 83.8 Å². The topological polar surface area (TPSA) is 37.4 Å². The van der Waals surface area contributed by atoms with Crippen molar-refractivity contribution in [3.63, 3.8) is 0 Å². The van der Waals surface area contributed by atoms with Crippen LogP contribution in [0.1, 0.15) is 11.1 Å². The Hall–Kier alpha value is -5.13. The number of anilines is 4. The van der Waals surface area contributed by atoms with E-state index in [0.29, 0.717) is 11.5 Å². The molecule has 7 aromatic rings. The van der Waals surface area contributed by atoms with E-state index in [1.165, 1.54) is 27.8 Å². The number of nitrogens with zero attached hydrogens (tertiary/aromatic N) is 5. The first-order valence-electron chi connectivity index (χ1n) is 15.4. The van der Waals surface area contributed by atoms with E-state index in [-0.39, 0.29) is 28.0 Å². The summed E-state index contributed by atoms with van der Waals surface area (Å²) < 4.78 is 10.5. The molecule has 0 saturated heterocycles. The second-order valence-corrected chi connectivity index (χ2v) is 11.9. The average Bonchev–Trinajstić information content (AvgIpc) is 3.60. The molecule has 9 rings (SSSR count). The minimum absolute atomic E-state index is 0. The Kier molecular flexibility index (Phi) is 7.03. The zero-order valence-corrected chi connectivity index (χ0v) is 28.3. The predicted octanol–water partition coefficient (Wildman–Crippen LogP) is 7.32. The summed E-state index contributed by atoms with van der Waals surface area (Å²) in [5, 5.41) is 0. The average molecular weight is 789 g/mol. The number of aryl methyl sites for hydroxylation is 3. The smallest absolute Gasteiger partial charge is 0.409 e. The fourth-order valence-electron chi connectivity index (χ4n) is 7.08. The summed E-state index contributed by atoms with van der Waals surface area (Å²) in [7, 11) is 2.00. The largest absolute Gasteiger partial charge is 0.510 e. The molecule has 0 saturated carbocycles. The van der Waals surface area contributed by atoms with Gasteiger partial charge in [0.05, 0.1) is 18.1 Å². The third-order valence-corrected chi connectivity index (χ3v) is 9.04. The second kappa shape index (κ2) is 11.3. The van der Waals surface area contributed by atoms with Crippen molar-refractivity contribution < 1.29 is 30.4 Å². The molecule has 0 aliphatic carbocycles. The van der Waals surface area contributed by atoms with Gasteiger partial charge >= 0.3 is 6.98 Å². The number of para-hydroxylation sites is 3. The molecule has 0 radical (unpaired) electrons. The summed E-state index contributed by atoms with van der Waals surface area (Å²) in [6.45, 7) is 4.23. The van der Waals surface area contributed by atoms with Crippen molar-refractivity contribution in [2.75, 3.05) is 9.62 Å². The van der Waals surface area contributed by atoms with E-state index >= 15 is 0 Å². The third-order valence-electron chi connectivity index (χ3n) is 9.04. The minimum atomic E-state index is -0.131. The van der Waals surface area contributed by atoms with E-state index in [4.69, 9.17) is 9.72 Å². The zero-order valence-electron chi connectivity index (χ0n) is 26.0. The Labute approximate surface area is 288 Å². The number of aromatic nitrogens is 3. The van der Waals surface area contributed by atoms with Gasteiger partial charge in [-0.15, -0.1) is 30.3 Å². The quantitative estimate of drug-likeness (QED) is 0.107. The number of ether oxygens (including phenoxy) is 1. The van der Waals surface area contributed by atoms with Crippen molar-refractivity contribution in [3.05, 3.63) is 145 Å². The van der Waals surface area contributed by atoms with Crippen LogP contribution in [-0.2, 0) is 28.1 Å². The molecular weight excluding hydrogens is 760 g/mol. The molecule has 0 unspecified atom stereocenters. The van der Waals surface area contributed by atoms with Crippen LogP contribution >= 0.6 is 0 Å². The normalized spacial score (nSPS) is 12.7. The standard InChI is InChI=1S/C39H28BN5O.Pt/c1-26-11-8-12-27(2)38(26)44-36-21-20-30(46-29-14-9-13-28(23-29)43-25-42(3)34-18-6-7-19-35(34)43)24-37(36)45-39-32(16-10-22-41-39)31-15-4-5-17-33(31)40(44)45;/h4-22H,1-3H3;/q-2;. The maximum Gasteiger partial charge on any atom is 0.409 e. The van der Waals surface area contributed by atoms with Gasteiger partial charge in [-0.25, -0.2) is 4.98 Å². The SMILES string of the molecule is Cc1cccc(C)c1N1B2c3ccccc3-c3cccnc3N2c2[c-]c(Oc3[c-]c(-n4[c-][n+](C)c5ccccc54)ccc3)ccc21.[Pt]. The monoisotopic (exact) mass is 788 g/mol. The van der Waals surface area contributed by atoms with E-state index in [1.54, 1.807) is 0 Å². The molecule has 8 heteroatoms. The molecule has 0 fully saturated rings. The van der Waals surface area contributed by atoms with Crippen LogP contribution in [-0.4, -0.2) is 16.5 Å². The molecule has 0 N–H and O–H groups in total. The molecule has 2 aromatic heterocycles. The van der Waals surface area contributed by atoms with Gasteiger partial charge in [-0.2, -0.15) is 12.1 Å². The van der Waals surface area contributed by atoms with E-state index in [1.807, 2.05) is 64.8 Å². The maximum absolute atomic E-state index is 6.50. The van der Waals surface area contributed by atoms with Crippen LogP contribution in [0.2, 0.25) is 0 Å². The van der Waals surface area contributed by atoms with Gasteiger partial charge in [0.1, 0.15) is 5.82 Å². The van der Waals surface area contributed by atoms with Crippen LogP contribution in [0.3, 0.4) is 0 Å². The van der Waals surface area contributed by atoms with Crippen molar-refractivity contribution in [2.24, 2.45) is 7.05 Å². The maximum atomic E-state index is 6.50. The number of rotatable bonds is 4. The van der Waals surface area contributed by atoms with Crippen LogP contribution in [0, 0.1) is 32.3 Å². The summed E-state index contributed by atoms with van der Waals surface area (Å²) in [4.78, 5) is 9.70. The molecule has 2 aliphatic rings. The third kappa shape index (κ3) is 4.52. The summed E-state index contributed by atoms with van der Waals surface area (Å²) >= 11 is 0. The van der Waals surface area contributed by atoms with Crippen LogP contribution < -0.4 is 24.4 Å². The first-order chi connectivity index (χ1) is 22.6. The number of hydrogen-bond acceptors (Lipinski definition) is 4. The number of imidazole rings is 1. The number of hydrogen-bond donors (Lipinski definition) is 0. The molecule has 230 valence electrons. The fraction of sp³-hybridized carbons (Fsp3) is 0.0769. The molecule has 4 heterocycles. The molecular formula is C39H28BN5OPt-2. The molecule has 2 aliphatic heterocycles. The number of benzene rings is 5. The molecule has 6 nitrogen and oxygen atoms in total. The molecule has 0 amide bonds. The summed E-state index contributed by atoms with van der Waals surface area (Å²) in [6.07, 6.45) is 5.26. The Bertz CT molecular complexity index is 2320. The molecule has 47 heavy (non-hydrogen) atoms. The molecule has 0 bridgehead atoms. The predicted molar refractivity (Wildman–Crippen MR) is 183 cm³/mol. The van der Waals surface area contributed by atoms with Crippen molar-refractivity contribution in [3.8, 4) is 28.3 Å². The van der Waals surface area contributed by atoms with Gasteiger partial charge in [-0.3, -0.25) is 0 Å². The van der Waals surface area contributed by atoms with Crippen molar-refractivity contribution >= 4 is 46.4 Å². The van der Waals surface area contributed by atoms with Gasteiger partial charge in [0.25, 0.3) is 0 Å². The van der Waals surface area contributed by atoms with Gasteiger partial charge in [0.15, 0.2) is 0 Å². The molecule has 5 aromatic carbocycles. The summed E-state index contributed by atoms with van der Waals surface area (Å²) in [6, 6.07) is 44.7. The van der Waals surface area contributed by atoms with Gasteiger partial charge in [0.2, 0.25) is 6.33 Å². The first-order valence-corrected chi connectivity index (χ1v) is 15.4. The minimum Gasteiger partial charge on any atom is -0.510 e. The Morgan fingerprint density at radius 1 is 0.723 bits per heavy atom. The number of pyridine rings is 1. The van der Waals surface area contributed by atoms with Gasteiger partial charge in [0, 0.05) is 50.0 Å². The van der Waals surface area contributed by atoms with E-state index in [9.17, 15) is 0 Å². The second-order valence-electron chi connectivity index (χ2n) is 11.9. The van der Waals surface area contributed by atoms with Crippen LogP contribution in [0.4, 0.5) is 22.9 Å². The van der Waals surface area contributed by atoms with Crippen LogP contribution in [0.25, 0.3) is 27.8 Å². The van der Waals surface area contributed by atoms with Crippen molar-refractivity contribution in [1.29, 1.82) is 0 Å². The summed E-state index contributed by atoms with van der Waals surface area (Å²) in [5.74, 6) is 2.12. The van der Waals surface area contributed by atoms with Crippen molar-refractivity contribution in [2.45, 2.75) is 13.8 Å². The molecule has 0 atom stereocenters. The van der Waals surface area contributed by atoms with Gasteiger partial charge in [-0.05, 0) is 48.1 Å².